The van der Waals surface area contributed by atoms with Gasteiger partial charge in [0, 0.05) is 17.7 Å². The Labute approximate surface area is 196 Å². The summed E-state index contributed by atoms with van der Waals surface area (Å²) in [7, 11) is 0. The van der Waals surface area contributed by atoms with E-state index in [2.05, 4.69) is 25.8 Å². The molecule has 3 aromatic rings. The standard InChI is InChI=1S/C24H27N5O3S/c1-6-20(30)25-19-10-8-14(3)12-17(19)21-23(32)27-24(29-28-21)33-16(5)22(31)26-18-9-7-13(2)11-15(18)4/h7-12,16H,6H2,1-5H3,(H,25,30)(H,26,31)(H,27,29,32)/t16-/m0/s1. The van der Waals surface area contributed by atoms with E-state index in [1.165, 1.54) is 0 Å². The topological polar surface area (TPSA) is 117 Å². The van der Waals surface area contributed by atoms with Gasteiger partial charge in [-0.05, 0) is 51.5 Å². The average Bonchev–Trinajstić information content (AvgIpc) is 2.77. The fraction of sp³-hybridized carbons (Fsp3) is 0.292. The molecule has 3 N–H and O–H groups in total. The zero-order valence-corrected chi connectivity index (χ0v) is 20.1. The van der Waals surface area contributed by atoms with Gasteiger partial charge in [0.15, 0.2) is 10.9 Å². The van der Waals surface area contributed by atoms with Crippen LogP contribution in [0.2, 0.25) is 0 Å². The van der Waals surface area contributed by atoms with Gasteiger partial charge in [-0.3, -0.25) is 19.4 Å². The minimum atomic E-state index is -0.514. The summed E-state index contributed by atoms with van der Waals surface area (Å²) < 4.78 is 0. The third-order valence-electron chi connectivity index (χ3n) is 5.00. The number of hydrogen-bond donors (Lipinski definition) is 3. The van der Waals surface area contributed by atoms with Gasteiger partial charge in [0.2, 0.25) is 11.8 Å². The van der Waals surface area contributed by atoms with Crippen molar-refractivity contribution in [2.75, 3.05) is 10.6 Å². The smallest absolute Gasteiger partial charge is 0.278 e. The number of rotatable bonds is 7. The van der Waals surface area contributed by atoms with Crippen molar-refractivity contribution in [1.82, 2.24) is 15.2 Å². The van der Waals surface area contributed by atoms with Crippen molar-refractivity contribution < 1.29 is 9.59 Å². The Morgan fingerprint density at radius 1 is 1.00 bits per heavy atom. The Bertz CT molecular complexity index is 1260. The van der Waals surface area contributed by atoms with Crippen LogP contribution in [0.25, 0.3) is 11.3 Å². The van der Waals surface area contributed by atoms with Gasteiger partial charge in [0.25, 0.3) is 5.56 Å². The van der Waals surface area contributed by atoms with Gasteiger partial charge in [0.05, 0.1) is 10.9 Å². The molecule has 0 saturated carbocycles. The molecule has 9 heteroatoms. The summed E-state index contributed by atoms with van der Waals surface area (Å²) in [5.41, 5.74) is 4.38. The molecule has 0 aliphatic rings. The van der Waals surface area contributed by atoms with Crippen LogP contribution in [0.4, 0.5) is 11.4 Å². The Morgan fingerprint density at radius 2 is 1.67 bits per heavy atom. The third kappa shape index (κ3) is 6.07. The van der Waals surface area contributed by atoms with Crippen LogP contribution in [-0.4, -0.2) is 32.2 Å². The molecule has 0 spiro atoms. The highest BCUT2D eigenvalue weighted by molar-refractivity contribution is 8.00. The van der Waals surface area contributed by atoms with Crippen LogP contribution >= 0.6 is 11.8 Å². The minimum Gasteiger partial charge on any atom is -0.325 e. The van der Waals surface area contributed by atoms with Crippen molar-refractivity contribution in [2.24, 2.45) is 0 Å². The van der Waals surface area contributed by atoms with E-state index in [9.17, 15) is 14.4 Å². The highest BCUT2D eigenvalue weighted by atomic mass is 32.2. The number of nitrogens with zero attached hydrogens (tertiary/aromatic N) is 2. The van der Waals surface area contributed by atoms with Gasteiger partial charge in [0.1, 0.15) is 0 Å². The van der Waals surface area contributed by atoms with Gasteiger partial charge >= 0.3 is 0 Å². The second-order valence-electron chi connectivity index (χ2n) is 7.83. The van der Waals surface area contributed by atoms with Gasteiger partial charge in [-0.1, -0.05) is 48.0 Å². The van der Waals surface area contributed by atoms with E-state index in [-0.39, 0.29) is 22.7 Å². The number of aryl methyl sites for hydroxylation is 3. The average molecular weight is 466 g/mol. The Morgan fingerprint density at radius 3 is 2.30 bits per heavy atom. The van der Waals surface area contributed by atoms with Crippen LogP contribution in [0.15, 0.2) is 46.3 Å². The van der Waals surface area contributed by atoms with Crippen LogP contribution in [0.3, 0.4) is 0 Å². The highest BCUT2D eigenvalue weighted by Gasteiger charge is 2.19. The number of H-pyrrole nitrogens is 1. The Kier molecular flexibility index (Phi) is 7.65. The van der Waals surface area contributed by atoms with E-state index in [4.69, 9.17) is 0 Å². The molecule has 33 heavy (non-hydrogen) atoms. The van der Waals surface area contributed by atoms with Crippen molar-refractivity contribution >= 4 is 35.0 Å². The summed E-state index contributed by atoms with van der Waals surface area (Å²) in [6.45, 7) is 9.30. The summed E-state index contributed by atoms with van der Waals surface area (Å²) in [5, 5.41) is 13.6. The Balaban J connectivity index is 1.78. The summed E-state index contributed by atoms with van der Waals surface area (Å²) in [6.07, 6.45) is 0.312. The molecule has 2 aromatic carbocycles. The maximum atomic E-state index is 12.8. The van der Waals surface area contributed by atoms with Crippen molar-refractivity contribution in [1.29, 1.82) is 0 Å². The van der Waals surface area contributed by atoms with Gasteiger partial charge in [-0.25, -0.2) is 0 Å². The second kappa shape index (κ2) is 10.4. The van der Waals surface area contributed by atoms with Crippen molar-refractivity contribution in [2.45, 2.75) is 51.4 Å². The molecule has 0 aliphatic carbocycles. The summed E-state index contributed by atoms with van der Waals surface area (Å²) >= 11 is 1.11. The van der Waals surface area contributed by atoms with E-state index in [0.717, 1.165) is 34.1 Å². The molecule has 1 heterocycles. The molecule has 8 nitrogen and oxygen atoms in total. The first-order chi connectivity index (χ1) is 15.7. The lowest BCUT2D eigenvalue weighted by Crippen LogP contribution is -2.24. The maximum Gasteiger partial charge on any atom is 0.278 e. The number of carbonyl (C=O) groups is 2. The number of anilines is 2. The van der Waals surface area contributed by atoms with E-state index in [1.807, 2.05) is 45.0 Å². The molecule has 0 unspecified atom stereocenters. The van der Waals surface area contributed by atoms with Crippen LogP contribution in [-0.2, 0) is 9.59 Å². The van der Waals surface area contributed by atoms with Gasteiger partial charge < -0.3 is 10.6 Å². The fourth-order valence-electron chi connectivity index (χ4n) is 3.16. The molecule has 0 saturated heterocycles. The van der Waals surface area contributed by atoms with E-state index in [0.29, 0.717) is 17.7 Å². The molecule has 172 valence electrons. The van der Waals surface area contributed by atoms with Crippen molar-refractivity contribution in [3.63, 3.8) is 0 Å². The number of thioether (sulfide) groups is 1. The molecule has 1 atom stereocenters. The van der Waals surface area contributed by atoms with Crippen LogP contribution in [0.5, 0.6) is 0 Å². The number of aromatic nitrogens is 3. The first-order valence-corrected chi connectivity index (χ1v) is 11.5. The summed E-state index contributed by atoms with van der Waals surface area (Å²) in [4.78, 5) is 40.0. The largest absolute Gasteiger partial charge is 0.325 e. The molecule has 0 bridgehead atoms. The number of hydrogen-bond acceptors (Lipinski definition) is 6. The number of amides is 2. The van der Waals surface area contributed by atoms with Crippen LogP contribution in [0.1, 0.15) is 37.0 Å². The maximum absolute atomic E-state index is 12.8. The molecular weight excluding hydrogens is 438 g/mol. The minimum absolute atomic E-state index is 0.0989. The van der Waals surface area contributed by atoms with Gasteiger partial charge in [-0.15, -0.1) is 10.2 Å². The first-order valence-electron chi connectivity index (χ1n) is 10.6. The fourth-order valence-corrected chi connectivity index (χ4v) is 3.90. The quantitative estimate of drug-likeness (QED) is 0.450. The number of carbonyl (C=O) groups excluding carboxylic acids is 2. The van der Waals surface area contributed by atoms with E-state index >= 15 is 0 Å². The monoisotopic (exact) mass is 465 g/mol. The zero-order valence-electron chi connectivity index (χ0n) is 19.3. The predicted molar refractivity (Wildman–Crippen MR) is 132 cm³/mol. The summed E-state index contributed by atoms with van der Waals surface area (Å²) in [6, 6.07) is 11.2. The van der Waals surface area contributed by atoms with E-state index in [1.54, 1.807) is 26.0 Å². The molecule has 1 aromatic heterocycles. The number of aromatic amines is 1. The highest BCUT2D eigenvalue weighted by Crippen LogP contribution is 2.27. The first kappa shape index (κ1) is 24.2. The second-order valence-corrected chi connectivity index (χ2v) is 9.16. The van der Waals surface area contributed by atoms with Crippen LogP contribution in [0, 0.1) is 20.8 Å². The molecule has 0 fully saturated rings. The number of benzene rings is 2. The van der Waals surface area contributed by atoms with Crippen LogP contribution < -0.4 is 16.2 Å². The predicted octanol–water partition coefficient (Wildman–Crippen LogP) is 4.22. The summed E-state index contributed by atoms with van der Waals surface area (Å²) in [5.74, 6) is -0.373. The SMILES string of the molecule is CCC(=O)Nc1ccc(C)cc1-c1nnc(S[C@@H](C)C(=O)Nc2ccc(C)cc2C)[nH]c1=O. The third-order valence-corrected chi connectivity index (χ3v) is 5.97. The van der Waals surface area contributed by atoms with Crippen molar-refractivity contribution in [3.8, 4) is 11.3 Å². The number of nitrogens with one attached hydrogen (secondary N) is 3. The molecule has 2 amide bonds. The van der Waals surface area contributed by atoms with E-state index < -0.39 is 10.8 Å². The lowest BCUT2D eigenvalue weighted by Gasteiger charge is -2.14. The molecule has 3 rings (SSSR count). The van der Waals surface area contributed by atoms with Crippen molar-refractivity contribution in [3.05, 3.63) is 63.4 Å². The normalized spacial score (nSPS) is 11.7. The Hall–Kier alpha value is -3.46. The van der Waals surface area contributed by atoms with Gasteiger partial charge in [-0.2, -0.15) is 0 Å². The zero-order chi connectivity index (χ0) is 24.1. The molecule has 0 radical (unpaired) electrons. The lowest BCUT2D eigenvalue weighted by molar-refractivity contribution is -0.116. The molecular formula is C24H27N5O3S. The molecule has 0 aliphatic heterocycles. The lowest BCUT2D eigenvalue weighted by atomic mass is 10.1.